The van der Waals surface area contributed by atoms with Crippen LogP contribution in [0.25, 0.3) is 0 Å². The van der Waals surface area contributed by atoms with Crippen LogP contribution in [0.15, 0.2) is 30.3 Å². The third-order valence-electron chi connectivity index (χ3n) is 3.62. The van der Waals surface area contributed by atoms with Crippen molar-refractivity contribution < 1.29 is 4.79 Å². The Bertz CT molecular complexity index is 410. The minimum atomic E-state index is 0.00681. The predicted octanol–water partition coefficient (Wildman–Crippen LogP) is 2.26. The summed E-state index contributed by atoms with van der Waals surface area (Å²) in [5.74, 6) is 1.13. The third kappa shape index (κ3) is 3.74. The van der Waals surface area contributed by atoms with Gasteiger partial charge in [0.25, 0.3) is 0 Å². The predicted molar refractivity (Wildman–Crippen MR) is 81.0 cm³/mol. The summed E-state index contributed by atoms with van der Waals surface area (Å²) >= 11 is 1.70. The van der Waals surface area contributed by atoms with Crippen LogP contribution in [0, 0.1) is 0 Å². The van der Waals surface area contributed by atoms with E-state index in [0.717, 1.165) is 25.1 Å². The first-order valence-corrected chi connectivity index (χ1v) is 7.93. The van der Waals surface area contributed by atoms with E-state index >= 15 is 0 Å². The molecule has 0 spiro atoms. The van der Waals surface area contributed by atoms with E-state index in [0.29, 0.717) is 6.54 Å². The number of carbonyl (C=O) groups is 1. The second-order valence-electron chi connectivity index (χ2n) is 5.00. The average molecular weight is 278 g/mol. The highest BCUT2D eigenvalue weighted by molar-refractivity contribution is 7.99. The molecule has 0 saturated carbocycles. The quantitative estimate of drug-likeness (QED) is 0.898. The van der Waals surface area contributed by atoms with Crippen LogP contribution < -0.4 is 5.73 Å². The van der Waals surface area contributed by atoms with Crippen molar-refractivity contribution in [2.24, 2.45) is 5.73 Å². The second-order valence-corrected chi connectivity index (χ2v) is 6.33. The number of carbonyl (C=O) groups excluding carboxylic acids is 1. The van der Waals surface area contributed by atoms with Crippen molar-refractivity contribution in [1.82, 2.24) is 4.90 Å². The number of hydrogen-bond acceptors (Lipinski definition) is 3. The summed E-state index contributed by atoms with van der Waals surface area (Å²) in [6, 6.07) is 10.5. The zero-order valence-corrected chi connectivity index (χ0v) is 12.2. The molecule has 1 aromatic carbocycles. The lowest BCUT2D eigenvalue weighted by Crippen LogP contribution is -2.43. The highest BCUT2D eigenvalue weighted by atomic mass is 32.2. The fourth-order valence-electron chi connectivity index (χ4n) is 2.47. The van der Waals surface area contributed by atoms with Gasteiger partial charge in [0, 0.05) is 24.9 Å². The molecular formula is C15H22N2OS. The van der Waals surface area contributed by atoms with Crippen LogP contribution in [0.2, 0.25) is 0 Å². The minimum Gasteiger partial charge on any atom is -0.337 e. The molecular weight excluding hydrogens is 256 g/mol. The monoisotopic (exact) mass is 278 g/mol. The van der Waals surface area contributed by atoms with Crippen molar-refractivity contribution >= 4 is 17.7 Å². The highest BCUT2D eigenvalue weighted by Gasteiger charge is 2.30. The molecule has 1 saturated heterocycles. The van der Waals surface area contributed by atoms with Gasteiger partial charge in [-0.15, -0.1) is 11.8 Å². The molecule has 1 amide bonds. The van der Waals surface area contributed by atoms with Crippen molar-refractivity contribution in [2.45, 2.75) is 36.8 Å². The Kier molecular flexibility index (Phi) is 5.28. The summed E-state index contributed by atoms with van der Waals surface area (Å²) in [4.78, 5) is 14.4. The summed E-state index contributed by atoms with van der Waals surface area (Å²) in [5.41, 5.74) is 6.99. The van der Waals surface area contributed by atoms with Gasteiger partial charge in [-0.25, -0.2) is 0 Å². The number of rotatable bonds is 5. The molecule has 2 atom stereocenters. The Morgan fingerprint density at radius 1 is 1.47 bits per heavy atom. The first-order valence-electron chi connectivity index (χ1n) is 6.88. The van der Waals surface area contributed by atoms with Crippen molar-refractivity contribution in [3.63, 3.8) is 0 Å². The summed E-state index contributed by atoms with van der Waals surface area (Å²) in [6.07, 6.45) is 2.14. The number of nitrogens with zero attached hydrogens (tertiary/aromatic N) is 1. The van der Waals surface area contributed by atoms with Gasteiger partial charge >= 0.3 is 0 Å². The Hall–Kier alpha value is -1.00. The third-order valence-corrected chi connectivity index (χ3v) is 4.82. The molecule has 4 heteroatoms. The molecule has 3 nitrogen and oxygen atoms in total. The SMILES string of the molecule is CC(SCc1ccccc1)C(=O)N1CCCC1CN. The summed E-state index contributed by atoms with van der Waals surface area (Å²) in [7, 11) is 0. The molecule has 19 heavy (non-hydrogen) atoms. The van der Waals surface area contributed by atoms with E-state index in [1.807, 2.05) is 30.0 Å². The van der Waals surface area contributed by atoms with Crippen LogP contribution in [0.5, 0.6) is 0 Å². The largest absolute Gasteiger partial charge is 0.337 e. The van der Waals surface area contributed by atoms with Crippen molar-refractivity contribution in [3.05, 3.63) is 35.9 Å². The number of nitrogens with two attached hydrogens (primary N) is 1. The van der Waals surface area contributed by atoms with Gasteiger partial charge in [-0.2, -0.15) is 0 Å². The lowest BCUT2D eigenvalue weighted by atomic mass is 10.2. The van der Waals surface area contributed by atoms with Gasteiger partial charge in [0.15, 0.2) is 0 Å². The van der Waals surface area contributed by atoms with Gasteiger partial charge in [-0.1, -0.05) is 30.3 Å². The number of thioether (sulfide) groups is 1. The zero-order chi connectivity index (χ0) is 13.7. The summed E-state index contributed by atoms with van der Waals surface area (Å²) < 4.78 is 0. The van der Waals surface area contributed by atoms with Crippen LogP contribution in [0.4, 0.5) is 0 Å². The number of amides is 1. The van der Waals surface area contributed by atoms with Gasteiger partial charge < -0.3 is 10.6 Å². The van der Waals surface area contributed by atoms with Crippen LogP contribution >= 0.6 is 11.8 Å². The number of hydrogen-bond donors (Lipinski definition) is 1. The van der Waals surface area contributed by atoms with Gasteiger partial charge in [-0.3, -0.25) is 4.79 Å². The Labute approximate surface area is 119 Å². The van der Waals surface area contributed by atoms with E-state index < -0.39 is 0 Å². The van der Waals surface area contributed by atoms with E-state index in [9.17, 15) is 4.79 Å². The van der Waals surface area contributed by atoms with Crippen LogP contribution in [0.1, 0.15) is 25.3 Å². The van der Waals surface area contributed by atoms with Gasteiger partial charge in [0.1, 0.15) is 0 Å². The molecule has 0 bridgehead atoms. The van der Waals surface area contributed by atoms with E-state index in [2.05, 4.69) is 12.1 Å². The Morgan fingerprint density at radius 3 is 2.89 bits per heavy atom. The number of benzene rings is 1. The average Bonchev–Trinajstić information content (AvgIpc) is 2.93. The molecule has 1 aliphatic rings. The topological polar surface area (TPSA) is 46.3 Å². The van der Waals surface area contributed by atoms with E-state index in [1.165, 1.54) is 5.56 Å². The first kappa shape index (κ1) is 14.4. The van der Waals surface area contributed by atoms with Crippen molar-refractivity contribution in [1.29, 1.82) is 0 Å². The lowest BCUT2D eigenvalue weighted by molar-refractivity contribution is -0.130. The Balaban J connectivity index is 1.85. The smallest absolute Gasteiger partial charge is 0.235 e. The maximum Gasteiger partial charge on any atom is 0.235 e. The maximum atomic E-state index is 12.4. The standard InChI is InChI=1S/C15H22N2OS/c1-12(19-11-13-6-3-2-4-7-13)15(18)17-9-5-8-14(17)10-16/h2-4,6-7,12,14H,5,8-11,16H2,1H3. The molecule has 0 aliphatic carbocycles. The van der Waals surface area contributed by atoms with E-state index in [4.69, 9.17) is 5.73 Å². The minimum absolute atomic E-state index is 0.00681. The summed E-state index contributed by atoms with van der Waals surface area (Å²) in [5, 5.41) is 0.00681. The Morgan fingerprint density at radius 2 is 2.21 bits per heavy atom. The molecule has 1 aliphatic heterocycles. The highest BCUT2D eigenvalue weighted by Crippen LogP contribution is 2.23. The number of likely N-dealkylation sites (tertiary alicyclic amines) is 1. The molecule has 1 heterocycles. The fraction of sp³-hybridized carbons (Fsp3) is 0.533. The van der Waals surface area contributed by atoms with Crippen LogP contribution in [-0.4, -0.2) is 35.2 Å². The molecule has 0 aromatic heterocycles. The van der Waals surface area contributed by atoms with E-state index in [1.54, 1.807) is 11.8 Å². The first-order chi connectivity index (χ1) is 9.22. The second kappa shape index (κ2) is 6.96. The molecule has 2 rings (SSSR count). The molecule has 2 N–H and O–H groups in total. The van der Waals surface area contributed by atoms with Crippen LogP contribution in [-0.2, 0) is 10.5 Å². The lowest BCUT2D eigenvalue weighted by Gasteiger charge is -2.26. The molecule has 2 unspecified atom stereocenters. The van der Waals surface area contributed by atoms with Crippen molar-refractivity contribution in [2.75, 3.05) is 13.1 Å². The molecule has 1 aromatic rings. The normalized spacial score (nSPS) is 20.5. The van der Waals surface area contributed by atoms with Gasteiger partial charge in [0.2, 0.25) is 5.91 Å². The summed E-state index contributed by atoms with van der Waals surface area (Å²) in [6.45, 7) is 3.46. The maximum absolute atomic E-state index is 12.4. The molecule has 104 valence electrons. The van der Waals surface area contributed by atoms with Crippen LogP contribution in [0.3, 0.4) is 0 Å². The van der Waals surface area contributed by atoms with E-state index in [-0.39, 0.29) is 17.2 Å². The fourth-order valence-corrected chi connectivity index (χ4v) is 3.38. The zero-order valence-electron chi connectivity index (χ0n) is 11.4. The van der Waals surface area contributed by atoms with Gasteiger partial charge in [-0.05, 0) is 25.3 Å². The van der Waals surface area contributed by atoms with Crippen molar-refractivity contribution in [3.8, 4) is 0 Å². The molecule has 0 radical (unpaired) electrons. The molecule has 1 fully saturated rings. The van der Waals surface area contributed by atoms with Gasteiger partial charge in [0.05, 0.1) is 5.25 Å².